The Morgan fingerprint density at radius 1 is 0.911 bits per heavy atom. The lowest BCUT2D eigenvalue weighted by Gasteiger charge is -2.24. The van der Waals surface area contributed by atoms with E-state index in [9.17, 15) is 43.2 Å². The topological polar surface area (TPSA) is 362 Å². The van der Waals surface area contributed by atoms with E-state index in [4.69, 9.17) is 33.3 Å². The van der Waals surface area contributed by atoms with Gasteiger partial charge in [0.15, 0.2) is 34.8 Å². The third-order valence-electron chi connectivity index (χ3n) is 9.03. The monoisotopic (exact) mass is 829 g/mol. The summed E-state index contributed by atoms with van der Waals surface area (Å²) in [5, 5.41) is 16.3. The van der Waals surface area contributed by atoms with E-state index in [0.29, 0.717) is 0 Å². The Bertz CT molecular complexity index is 2380. The lowest BCUT2D eigenvalue weighted by atomic mass is 10.1. The number of amides is 2. The summed E-state index contributed by atoms with van der Waals surface area (Å²) in [6.07, 6.45) is -8.56. The first-order valence-electron chi connectivity index (χ1n) is 17.1. The molecule has 4 aromatic rings. The number of carbonyl (C=O) groups is 2. The molecule has 10 atom stereocenters. The Balaban J connectivity index is 1.15. The SMILES string of the molecule is CCC(=O)Nc1nc2c(ncn2[C@@H]2O[C@@H]3CCOP(=O)(O)O[C@H]4[C@@H](N)[C@H](n5cnc6c(=O)[nH]c(NC(=O)C(C)C)nc65)O[C@@H]4COP(=O)(O)O[C@H]3[C@H]2O)c(=O)[nH]1. The molecule has 3 fully saturated rings. The predicted molar refractivity (Wildman–Crippen MR) is 186 cm³/mol. The number of H-pyrrole nitrogens is 2. The maximum Gasteiger partial charge on any atom is 0.472 e. The van der Waals surface area contributed by atoms with Gasteiger partial charge in [-0.05, 0) is 0 Å². The Morgan fingerprint density at radius 3 is 2.07 bits per heavy atom. The molecule has 3 aliphatic rings. The van der Waals surface area contributed by atoms with Crippen molar-refractivity contribution in [3.63, 3.8) is 0 Å². The number of hydrogen-bond acceptors (Lipinski definition) is 18. The van der Waals surface area contributed by atoms with E-state index >= 15 is 0 Å². The van der Waals surface area contributed by atoms with Crippen molar-refractivity contribution in [3.05, 3.63) is 33.4 Å². The summed E-state index contributed by atoms with van der Waals surface area (Å²) in [6, 6.07) is -1.35. The highest BCUT2D eigenvalue weighted by atomic mass is 31.2. The van der Waals surface area contributed by atoms with Crippen LogP contribution >= 0.6 is 15.6 Å². The van der Waals surface area contributed by atoms with Gasteiger partial charge in [-0.3, -0.25) is 67.0 Å². The average Bonchev–Trinajstić information content (AvgIpc) is 3.88. The summed E-state index contributed by atoms with van der Waals surface area (Å²) in [5.41, 5.74) is 4.40. The third-order valence-corrected chi connectivity index (χ3v) is 11.0. The molecule has 0 radical (unpaired) electrons. The number of aliphatic hydroxyl groups is 1. The summed E-state index contributed by atoms with van der Waals surface area (Å²) in [4.78, 5) is 92.7. The van der Waals surface area contributed by atoms with Crippen LogP contribution in [-0.4, -0.2) is 116 Å². The van der Waals surface area contributed by atoms with Gasteiger partial charge in [0.1, 0.15) is 24.4 Å². The van der Waals surface area contributed by atoms with Crippen LogP contribution in [-0.2, 0) is 46.3 Å². The lowest BCUT2D eigenvalue weighted by molar-refractivity contribution is -0.119. The number of aromatic nitrogens is 8. The first-order valence-corrected chi connectivity index (χ1v) is 20.0. The van der Waals surface area contributed by atoms with Crippen molar-refractivity contribution in [1.29, 1.82) is 0 Å². The molecular formula is C28H37N11O15P2. The highest BCUT2D eigenvalue weighted by Crippen LogP contribution is 2.53. The number of phosphoric ester groups is 2. The van der Waals surface area contributed by atoms with Gasteiger partial charge < -0.3 is 30.1 Å². The fraction of sp³-hybridized carbons (Fsp3) is 0.571. The third kappa shape index (κ3) is 7.83. The Morgan fingerprint density at radius 2 is 1.46 bits per heavy atom. The van der Waals surface area contributed by atoms with Crippen LogP contribution in [0.25, 0.3) is 22.3 Å². The zero-order valence-electron chi connectivity index (χ0n) is 29.6. The number of rotatable bonds is 6. The number of carbonyl (C=O) groups excluding carboxylic acids is 2. The molecule has 3 saturated heterocycles. The molecule has 28 heteroatoms. The number of ether oxygens (including phenoxy) is 2. The van der Waals surface area contributed by atoms with Crippen LogP contribution in [0.2, 0.25) is 0 Å². The number of nitrogens with two attached hydrogens (primary N) is 1. The fourth-order valence-electron chi connectivity index (χ4n) is 6.24. The minimum absolute atomic E-state index is 0.0766. The maximum absolute atomic E-state index is 13.4. The quantitative estimate of drug-likeness (QED) is 0.109. The largest absolute Gasteiger partial charge is 0.472 e. The van der Waals surface area contributed by atoms with Gasteiger partial charge in [-0.15, -0.1) is 0 Å². The maximum atomic E-state index is 13.4. The Labute approximate surface area is 313 Å². The lowest BCUT2D eigenvalue weighted by Crippen LogP contribution is -2.41. The van der Waals surface area contributed by atoms with Crippen LogP contribution in [0.3, 0.4) is 0 Å². The van der Waals surface area contributed by atoms with Crippen LogP contribution < -0.4 is 27.5 Å². The fourth-order valence-corrected chi connectivity index (χ4v) is 8.18. The molecule has 0 spiro atoms. The zero-order valence-corrected chi connectivity index (χ0v) is 31.4. The highest BCUT2D eigenvalue weighted by molar-refractivity contribution is 7.47. The van der Waals surface area contributed by atoms with E-state index in [0.717, 1.165) is 17.2 Å². The zero-order chi connectivity index (χ0) is 40.3. The molecule has 0 bridgehead atoms. The van der Waals surface area contributed by atoms with Gasteiger partial charge in [-0.2, -0.15) is 9.97 Å². The van der Waals surface area contributed by atoms with Gasteiger partial charge >= 0.3 is 15.6 Å². The minimum atomic E-state index is -5.15. The molecule has 7 rings (SSSR count). The standard InChI is InChI=1S/C28H37N11O15P2/c1-4-13(40)32-27-33-21-16(23(43)36-27)31-9-39(21)26-17(41)19-11(51-26)5-6-49-55(45,46)53-18-12(7-50-56(47,48)54-19)52-25(14(18)29)38-8-30-15-20(38)34-28(37-24(15)44)35-22(42)10(2)3/h8-12,14,17-19,25-26,41H,4-7,29H2,1-3H3,(H,45,46)(H,47,48)(H2,32,33,36,40,43)(H2,34,35,37,42,44)/t11-,12-,14-,17-,18-,19-,25-,26-/m1/s1. The number of anilines is 2. The average molecular weight is 830 g/mol. The number of nitrogens with zero attached hydrogens (tertiary/aromatic N) is 6. The van der Waals surface area contributed by atoms with E-state index in [1.807, 2.05) is 0 Å². The molecule has 26 nitrogen and oxygen atoms in total. The smallest absolute Gasteiger partial charge is 0.386 e. The van der Waals surface area contributed by atoms with Crippen LogP contribution in [0, 0.1) is 5.92 Å². The predicted octanol–water partition coefficient (Wildman–Crippen LogP) is -0.913. The van der Waals surface area contributed by atoms with Gasteiger partial charge in [0.25, 0.3) is 11.1 Å². The molecule has 7 heterocycles. The summed E-state index contributed by atoms with van der Waals surface area (Å²) in [6.45, 7) is 3.40. The second-order valence-electron chi connectivity index (χ2n) is 13.2. The molecule has 0 saturated carbocycles. The van der Waals surface area contributed by atoms with Gasteiger partial charge in [-0.25, -0.2) is 19.1 Å². The molecule has 304 valence electrons. The van der Waals surface area contributed by atoms with E-state index in [1.54, 1.807) is 20.8 Å². The van der Waals surface area contributed by atoms with Gasteiger partial charge in [0.2, 0.25) is 23.7 Å². The summed E-state index contributed by atoms with van der Waals surface area (Å²) >= 11 is 0. The number of aliphatic hydroxyl groups excluding tert-OH is 1. The van der Waals surface area contributed by atoms with Crippen molar-refractivity contribution in [2.45, 2.75) is 82.6 Å². The van der Waals surface area contributed by atoms with Crippen molar-refractivity contribution >= 4 is 61.7 Å². The van der Waals surface area contributed by atoms with Crippen molar-refractivity contribution in [3.8, 4) is 0 Å². The minimum Gasteiger partial charge on any atom is -0.386 e. The second kappa shape index (κ2) is 15.2. The van der Waals surface area contributed by atoms with Crippen molar-refractivity contribution in [2.24, 2.45) is 11.7 Å². The number of fused-ring (bicyclic) bond motifs is 4. The normalized spacial score (nSPS) is 32.7. The van der Waals surface area contributed by atoms with E-state index < -0.39 is 107 Å². The van der Waals surface area contributed by atoms with Crippen molar-refractivity contribution in [2.75, 3.05) is 23.8 Å². The molecule has 9 N–H and O–H groups in total. The molecule has 3 aliphatic heterocycles. The molecule has 2 unspecified atom stereocenters. The van der Waals surface area contributed by atoms with Gasteiger partial charge in [0, 0.05) is 18.8 Å². The summed E-state index contributed by atoms with van der Waals surface area (Å²) in [7, 11) is -10.2. The Kier molecular flexibility index (Phi) is 10.9. The molecular weight excluding hydrogens is 792 g/mol. The van der Waals surface area contributed by atoms with E-state index in [-0.39, 0.29) is 47.1 Å². The van der Waals surface area contributed by atoms with Crippen LogP contribution in [0.15, 0.2) is 22.2 Å². The molecule has 4 aromatic heterocycles. The molecule has 2 amide bonds. The first-order chi connectivity index (χ1) is 26.4. The van der Waals surface area contributed by atoms with E-state index in [1.165, 1.54) is 4.57 Å². The second-order valence-corrected chi connectivity index (χ2v) is 16.0. The summed E-state index contributed by atoms with van der Waals surface area (Å²) < 4.78 is 62.3. The molecule has 0 aromatic carbocycles. The number of imidazole rings is 2. The Hall–Kier alpha value is -4.30. The number of aromatic amines is 2. The van der Waals surface area contributed by atoms with Crippen LogP contribution in [0.4, 0.5) is 11.9 Å². The molecule has 0 aliphatic carbocycles. The van der Waals surface area contributed by atoms with E-state index in [2.05, 4.69) is 40.5 Å². The van der Waals surface area contributed by atoms with Gasteiger partial charge in [0.05, 0.1) is 38.0 Å². The highest BCUT2D eigenvalue weighted by Gasteiger charge is 2.52. The first kappa shape index (κ1) is 39.9. The van der Waals surface area contributed by atoms with Crippen LogP contribution in [0.1, 0.15) is 46.1 Å². The number of hydrogen-bond donors (Lipinski definition) is 8. The summed E-state index contributed by atoms with van der Waals surface area (Å²) in [5.74, 6) is -1.79. The van der Waals surface area contributed by atoms with Crippen LogP contribution in [0.5, 0.6) is 0 Å². The number of phosphoric acid groups is 2. The van der Waals surface area contributed by atoms with Gasteiger partial charge in [-0.1, -0.05) is 20.8 Å². The van der Waals surface area contributed by atoms with Crippen molar-refractivity contribution < 1.29 is 61.2 Å². The van der Waals surface area contributed by atoms with Crippen molar-refractivity contribution in [1.82, 2.24) is 39.0 Å². The number of nitrogens with one attached hydrogen (secondary N) is 4. The molecule has 56 heavy (non-hydrogen) atoms.